The van der Waals surface area contributed by atoms with E-state index < -0.39 is 0 Å². The van der Waals surface area contributed by atoms with Crippen LogP contribution in [0.5, 0.6) is 0 Å². The highest BCUT2D eigenvalue weighted by molar-refractivity contribution is 5.75. The molecule has 0 atom stereocenters. The molecular weight excluding hydrogens is 138 g/mol. The highest BCUT2D eigenvalue weighted by atomic mass is 16.1. The van der Waals surface area contributed by atoms with Crippen LogP contribution in [0.2, 0.25) is 0 Å². The number of carbonyl (C=O) groups excluding carboxylic acids is 1. The molecule has 0 aliphatic heterocycles. The Hall–Kier alpha value is -1.31. The van der Waals surface area contributed by atoms with Gasteiger partial charge in [-0.1, -0.05) is 18.7 Å². The second-order valence-electron chi connectivity index (χ2n) is 2.03. The van der Waals surface area contributed by atoms with Crippen LogP contribution in [0, 0.1) is 0 Å². The van der Waals surface area contributed by atoms with Crippen LogP contribution in [0.1, 0.15) is 13.8 Å². The number of nitrogens with one attached hydrogen (secondary N) is 1. The van der Waals surface area contributed by atoms with Crippen molar-refractivity contribution in [2.45, 2.75) is 13.8 Å². The SMILES string of the molecule is C=C/C(=C\C=C\C)NC(C)=O. The Morgan fingerprint density at radius 1 is 1.55 bits per heavy atom. The van der Waals surface area contributed by atoms with Crippen LogP contribution < -0.4 is 5.32 Å². The fourth-order valence-corrected chi connectivity index (χ4v) is 0.564. The van der Waals surface area contributed by atoms with Gasteiger partial charge in [0.1, 0.15) is 0 Å². The van der Waals surface area contributed by atoms with E-state index in [-0.39, 0.29) is 5.91 Å². The first-order valence-electron chi connectivity index (χ1n) is 3.43. The first kappa shape index (κ1) is 9.69. The maximum Gasteiger partial charge on any atom is 0.221 e. The van der Waals surface area contributed by atoms with Gasteiger partial charge in [-0.2, -0.15) is 0 Å². The Morgan fingerprint density at radius 3 is 2.55 bits per heavy atom. The number of allylic oxidation sites excluding steroid dienone is 4. The van der Waals surface area contributed by atoms with Crippen LogP contribution in [0.25, 0.3) is 0 Å². The predicted molar refractivity (Wildman–Crippen MR) is 46.9 cm³/mol. The molecule has 0 fully saturated rings. The molecule has 0 bridgehead atoms. The zero-order valence-corrected chi connectivity index (χ0v) is 6.92. The molecule has 2 nitrogen and oxygen atoms in total. The minimum atomic E-state index is -0.0827. The third kappa shape index (κ3) is 5.15. The van der Waals surface area contributed by atoms with Crippen molar-refractivity contribution in [1.82, 2.24) is 5.32 Å². The van der Waals surface area contributed by atoms with E-state index in [1.807, 2.05) is 19.1 Å². The van der Waals surface area contributed by atoms with Gasteiger partial charge in [-0.25, -0.2) is 0 Å². The van der Waals surface area contributed by atoms with Crippen molar-refractivity contribution in [2.75, 3.05) is 0 Å². The average Bonchev–Trinajstić information content (AvgIpc) is 1.97. The van der Waals surface area contributed by atoms with Gasteiger partial charge in [-0.15, -0.1) is 0 Å². The van der Waals surface area contributed by atoms with Gasteiger partial charge in [-0.05, 0) is 19.1 Å². The van der Waals surface area contributed by atoms with Crippen LogP contribution in [0.4, 0.5) is 0 Å². The van der Waals surface area contributed by atoms with Gasteiger partial charge in [-0.3, -0.25) is 4.79 Å². The fourth-order valence-electron chi connectivity index (χ4n) is 0.564. The van der Waals surface area contributed by atoms with Gasteiger partial charge in [0.25, 0.3) is 0 Å². The molecule has 1 amide bonds. The van der Waals surface area contributed by atoms with Gasteiger partial charge in [0, 0.05) is 12.6 Å². The Kier molecular flexibility index (Phi) is 4.82. The third-order valence-corrected chi connectivity index (χ3v) is 1.01. The van der Waals surface area contributed by atoms with E-state index in [1.165, 1.54) is 6.92 Å². The average molecular weight is 151 g/mol. The second-order valence-corrected chi connectivity index (χ2v) is 2.03. The quantitative estimate of drug-likeness (QED) is 0.612. The molecule has 0 spiro atoms. The molecule has 0 saturated carbocycles. The zero-order chi connectivity index (χ0) is 8.69. The maximum absolute atomic E-state index is 10.6. The molecule has 0 aliphatic rings. The van der Waals surface area contributed by atoms with E-state index in [0.717, 1.165) is 5.70 Å². The van der Waals surface area contributed by atoms with Crippen LogP contribution >= 0.6 is 0 Å². The van der Waals surface area contributed by atoms with Crippen molar-refractivity contribution in [1.29, 1.82) is 0 Å². The molecular formula is C9H13NO. The second kappa shape index (κ2) is 5.47. The van der Waals surface area contributed by atoms with Crippen LogP contribution in [0.15, 0.2) is 36.6 Å². The third-order valence-electron chi connectivity index (χ3n) is 1.01. The molecule has 2 heteroatoms. The molecule has 0 aliphatic carbocycles. The number of carbonyl (C=O) groups is 1. The molecule has 60 valence electrons. The maximum atomic E-state index is 10.6. The minimum Gasteiger partial charge on any atom is -0.326 e. The standard InChI is InChI=1S/C9H13NO/c1-4-6-7-9(5-2)10-8(3)11/h4-7H,2H2,1,3H3,(H,10,11)/b6-4+,9-7+. The van der Waals surface area contributed by atoms with E-state index in [9.17, 15) is 4.79 Å². The molecule has 1 N–H and O–H groups in total. The van der Waals surface area contributed by atoms with E-state index in [2.05, 4.69) is 11.9 Å². The lowest BCUT2D eigenvalue weighted by Gasteiger charge is -1.99. The van der Waals surface area contributed by atoms with E-state index in [4.69, 9.17) is 0 Å². The molecule has 0 aromatic heterocycles. The van der Waals surface area contributed by atoms with Crippen molar-refractivity contribution >= 4 is 5.91 Å². The Morgan fingerprint density at radius 2 is 2.18 bits per heavy atom. The van der Waals surface area contributed by atoms with Gasteiger partial charge in [0.2, 0.25) is 5.91 Å². The zero-order valence-electron chi connectivity index (χ0n) is 6.92. The molecule has 0 aromatic carbocycles. The molecule has 0 aromatic rings. The highest BCUT2D eigenvalue weighted by Crippen LogP contribution is 1.90. The topological polar surface area (TPSA) is 29.1 Å². The van der Waals surface area contributed by atoms with Crippen LogP contribution in [0.3, 0.4) is 0 Å². The Balaban J connectivity index is 4.15. The summed E-state index contributed by atoms with van der Waals surface area (Å²) in [5.41, 5.74) is 0.718. The summed E-state index contributed by atoms with van der Waals surface area (Å²) in [6.45, 7) is 6.92. The summed E-state index contributed by atoms with van der Waals surface area (Å²) in [7, 11) is 0. The predicted octanol–water partition coefficient (Wildman–Crippen LogP) is 1.77. The van der Waals surface area contributed by atoms with Crippen molar-refractivity contribution in [3.8, 4) is 0 Å². The lowest BCUT2D eigenvalue weighted by atomic mass is 10.3. The lowest BCUT2D eigenvalue weighted by molar-refractivity contribution is -0.118. The van der Waals surface area contributed by atoms with Crippen molar-refractivity contribution in [2.24, 2.45) is 0 Å². The summed E-state index contributed by atoms with van der Waals surface area (Å²) in [5, 5.41) is 2.62. The molecule has 11 heavy (non-hydrogen) atoms. The van der Waals surface area contributed by atoms with Gasteiger partial charge >= 0.3 is 0 Å². The van der Waals surface area contributed by atoms with Gasteiger partial charge < -0.3 is 5.32 Å². The molecule has 0 radical (unpaired) electrons. The summed E-state index contributed by atoms with van der Waals surface area (Å²) in [5.74, 6) is -0.0827. The Labute approximate surface area is 67.3 Å². The molecule has 0 unspecified atom stereocenters. The molecule has 0 heterocycles. The summed E-state index contributed by atoms with van der Waals surface area (Å²) in [4.78, 5) is 10.6. The van der Waals surface area contributed by atoms with E-state index in [1.54, 1.807) is 12.2 Å². The lowest BCUT2D eigenvalue weighted by Crippen LogP contribution is -2.17. The summed E-state index contributed by atoms with van der Waals surface area (Å²) < 4.78 is 0. The first-order valence-corrected chi connectivity index (χ1v) is 3.43. The molecule has 0 saturated heterocycles. The smallest absolute Gasteiger partial charge is 0.221 e. The first-order chi connectivity index (χ1) is 5.20. The number of rotatable bonds is 3. The largest absolute Gasteiger partial charge is 0.326 e. The highest BCUT2D eigenvalue weighted by Gasteiger charge is 1.90. The summed E-state index contributed by atoms with van der Waals surface area (Å²) >= 11 is 0. The van der Waals surface area contributed by atoms with E-state index >= 15 is 0 Å². The van der Waals surface area contributed by atoms with Crippen molar-refractivity contribution < 1.29 is 4.79 Å². The Bertz CT molecular complexity index is 202. The summed E-state index contributed by atoms with van der Waals surface area (Å²) in [6, 6.07) is 0. The van der Waals surface area contributed by atoms with Crippen molar-refractivity contribution in [3.63, 3.8) is 0 Å². The number of amides is 1. The van der Waals surface area contributed by atoms with Crippen molar-refractivity contribution in [3.05, 3.63) is 36.6 Å². The fraction of sp³-hybridized carbons (Fsp3) is 0.222. The summed E-state index contributed by atoms with van der Waals surface area (Å²) in [6.07, 6.45) is 7.11. The monoisotopic (exact) mass is 151 g/mol. The van der Waals surface area contributed by atoms with E-state index in [0.29, 0.717) is 0 Å². The van der Waals surface area contributed by atoms with Gasteiger partial charge in [0.05, 0.1) is 0 Å². The van der Waals surface area contributed by atoms with Crippen LogP contribution in [-0.2, 0) is 4.79 Å². The normalized spacial score (nSPS) is 11.6. The minimum absolute atomic E-state index is 0.0827. The molecule has 0 rings (SSSR count). The number of hydrogen-bond donors (Lipinski definition) is 1. The van der Waals surface area contributed by atoms with Crippen LogP contribution in [-0.4, -0.2) is 5.91 Å². The number of hydrogen-bond acceptors (Lipinski definition) is 1. The van der Waals surface area contributed by atoms with Gasteiger partial charge in [0.15, 0.2) is 0 Å².